The van der Waals surface area contributed by atoms with E-state index in [-0.39, 0.29) is 17.9 Å². The van der Waals surface area contributed by atoms with Gasteiger partial charge in [0.25, 0.3) is 5.82 Å². The van der Waals surface area contributed by atoms with Gasteiger partial charge in [-0.3, -0.25) is 0 Å². The Morgan fingerprint density at radius 2 is 2.04 bits per heavy atom. The van der Waals surface area contributed by atoms with Crippen molar-refractivity contribution < 1.29 is 17.9 Å². The van der Waals surface area contributed by atoms with Gasteiger partial charge in [0.2, 0.25) is 0 Å². The minimum Gasteiger partial charge on any atom is -0.367 e. The van der Waals surface area contributed by atoms with Gasteiger partial charge in [-0.25, -0.2) is 0 Å². The van der Waals surface area contributed by atoms with E-state index < -0.39 is 12.0 Å². The summed E-state index contributed by atoms with van der Waals surface area (Å²) in [7, 11) is 0. The molecular formula is C15H14F3N5OS. The lowest BCUT2D eigenvalue weighted by Crippen LogP contribution is -2.43. The van der Waals surface area contributed by atoms with Crippen LogP contribution in [0, 0.1) is 0 Å². The van der Waals surface area contributed by atoms with Crippen LogP contribution in [0.1, 0.15) is 24.4 Å². The molecule has 2 unspecified atom stereocenters. The maximum absolute atomic E-state index is 13.0. The third-order valence-electron chi connectivity index (χ3n) is 4.00. The summed E-state index contributed by atoms with van der Waals surface area (Å²) in [5.74, 6) is -0.687. The number of aromatic nitrogens is 4. The molecule has 1 aliphatic rings. The van der Waals surface area contributed by atoms with Crippen molar-refractivity contribution in [3.63, 3.8) is 0 Å². The van der Waals surface area contributed by atoms with Gasteiger partial charge >= 0.3 is 6.18 Å². The summed E-state index contributed by atoms with van der Waals surface area (Å²) in [6.07, 6.45) is -4.82. The van der Waals surface area contributed by atoms with E-state index in [0.717, 1.165) is 10.1 Å². The predicted octanol–water partition coefficient (Wildman–Crippen LogP) is 3.17. The summed E-state index contributed by atoms with van der Waals surface area (Å²) in [6, 6.07) is 5.14. The summed E-state index contributed by atoms with van der Waals surface area (Å²) in [6.45, 7) is 3.00. The molecule has 0 N–H and O–H groups in total. The van der Waals surface area contributed by atoms with Crippen LogP contribution in [0.5, 0.6) is 0 Å². The van der Waals surface area contributed by atoms with Gasteiger partial charge < -0.3 is 9.64 Å². The zero-order valence-corrected chi connectivity index (χ0v) is 14.0. The average molecular weight is 369 g/mol. The van der Waals surface area contributed by atoms with Crippen molar-refractivity contribution in [1.29, 1.82) is 0 Å². The molecule has 132 valence electrons. The van der Waals surface area contributed by atoms with Crippen LogP contribution in [-0.4, -0.2) is 39.0 Å². The Balaban J connectivity index is 1.68. The number of morpholine rings is 1. The molecule has 4 rings (SSSR count). The molecule has 0 bridgehead atoms. The van der Waals surface area contributed by atoms with Crippen molar-refractivity contribution in [3.05, 3.63) is 40.3 Å². The standard InChI is InChI=1S/C15H14F3N5OS/c1-9-6-22(7-11(24-9)10-4-5-25-8-10)13-3-2-12-19-20-14(15(16,17)18)23(12)21-13/h2-5,8-9,11H,6-7H2,1H3. The number of fused-ring (bicyclic) bond motifs is 1. The smallest absolute Gasteiger partial charge is 0.367 e. The van der Waals surface area contributed by atoms with Gasteiger partial charge in [-0.1, -0.05) is 0 Å². The van der Waals surface area contributed by atoms with Gasteiger partial charge in [0, 0.05) is 13.1 Å². The highest BCUT2D eigenvalue weighted by molar-refractivity contribution is 7.07. The van der Waals surface area contributed by atoms with E-state index in [0.29, 0.717) is 18.9 Å². The largest absolute Gasteiger partial charge is 0.453 e. The van der Waals surface area contributed by atoms with Crippen molar-refractivity contribution in [3.8, 4) is 0 Å². The van der Waals surface area contributed by atoms with E-state index in [1.54, 1.807) is 17.4 Å². The Morgan fingerprint density at radius 3 is 2.76 bits per heavy atom. The topological polar surface area (TPSA) is 55.6 Å². The highest BCUT2D eigenvalue weighted by atomic mass is 32.1. The Kier molecular flexibility index (Phi) is 3.88. The second-order valence-electron chi connectivity index (χ2n) is 5.88. The maximum atomic E-state index is 13.0. The number of ether oxygens (including phenoxy) is 1. The Hall–Kier alpha value is -2.20. The molecule has 0 amide bonds. The quantitative estimate of drug-likeness (QED) is 0.695. The lowest BCUT2D eigenvalue weighted by atomic mass is 10.1. The maximum Gasteiger partial charge on any atom is 0.453 e. The van der Waals surface area contributed by atoms with E-state index in [2.05, 4.69) is 15.3 Å². The summed E-state index contributed by atoms with van der Waals surface area (Å²) < 4.78 is 45.8. The van der Waals surface area contributed by atoms with E-state index in [4.69, 9.17) is 4.74 Å². The molecule has 0 saturated carbocycles. The van der Waals surface area contributed by atoms with Crippen molar-refractivity contribution in [2.24, 2.45) is 0 Å². The summed E-state index contributed by atoms with van der Waals surface area (Å²) in [5.41, 5.74) is 1.12. The van der Waals surface area contributed by atoms with Crippen LogP contribution in [0.15, 0.2) is 29.0 Å². The second kappa shape index (κ2) is 5.95. The fraction of sp³-hybridized carbons (Fsp3) is 0.400. The lowest BCUT2D eigenvalue weighted by Gasteiger charge is -2.37. The Morgan fingerprint density at radius 1 is 1.20 bits per heavy atom. The molecule has 1 fully saturated rings. The van der Waals surface area contributed by atoms with E-state index in [1.807, 2.05) is 28.7 Å². The number of anilines is 1. The zero-order valence-electron chi connectivity index (χ0n) is 13.1. The minimum atomic E-state index is -4.61. The zero-order chi connectivity index (χ0) is 17.6. The molecule has 4 heterocycles. The van der Waals surface area contributed by atoms with Gasteiger partial charge in [-0.05, 0) is 41.4 Å². The van der Waals surface area contributed by atoms with Crippen LogP contribution in [0.2, 0.25) is 0 Å². The van der Waals surface area contributed by atoms with Crippen molar-refractivity contribution >= 4 is 22.8 Å². The molecule has 0 aromatic carbocycles. The highest BCUT2D eigenvalue weighted by Crippen LogP contribution is 2.31. The molecule has 1 saturated heterocycles. The molecule has 6 nitrogen and oxygen atoms in total. The van der Waals surface area contributed by atoms with Crippen molar-refractivity contribution in [1.82, 2.24) is 19.8 Å². The first-order valence-corrected chi connectivity index (χ1v) is 8.58. The summed E-state index contributed by atoms with van der Waals surface area (Å²) in [4.78, 5) is 1.93. The van der Waals surface area contributed by atoms with Crippen molar-refractivity contribution in [2.45, 2.75) is 25.3 Å². The molecule has 0 radical (unpaired) electrons. The number of rotatable bonds is 2. The monoisotopic (exact) mass is 369 g/mol. The molecule has 2 atom stereocenters. The summed E-state index contributed by atoms with van der Waals surface area (Å²) in [5, 5.41) is 14.8. The van der Waals surface area contributed by atoms with Crippen LogP contribution in [-0.2, 0) is 10.9 Å². The number of hydrogen-bond donors (Lipinski definition) is 0. The molecule has 0 spiro atoms. The average Bonchev–Trinajstić information content (AvgIpc) is 3.22. The molecule has 25 heavy (non-hydrogen) atoms. The molecule has 10 heteroatoms. The third kappa shape index (κ3) is 3.07. The van der Waals surface area contributed by atoms with Crippen LogP contribution in [0.25, 0.3) is 5.65 Å². The molecule has 0 aliphatic carbocycles. The van der Waals surface area contributed by atoms with Crippen LogP contribution in [0.4, 0.5) is 19.0 Å². The van der Waals surface area contributed by atoms with Crippen molar-refractivity contribution in [2.75, 3.05) is 18.0 Å². The normalized spacial score (nSPS) is 21.8. The van der Waals surface area contributed by atoms with Crippen LogP contribution >= 0.6 is 11.3 Å². The first kappa shape index (κ1) is 16.3. The number of hydrogen-bond acceptors (Lipinski definition) is 6. The van der Waals surface area contributed by atoms with E-state index in [9.17, 15) is 13.2 Å². The first-order valence-electron chi connectivity index (χ1n) is 7.64. The minimum absolute atomic E-state index is 0.0618. The third-order valence-corrected chi connectivity index (χ3v) is 4.70. The van der Waals surface area contributed by atoms with Gasteiger partial charge in [0.1, 0.15) is 11.9 Å². The lowest BCUT2D eigenvalue weighted by molar-refractivity contribution is -0.146. The fourth-order valence-corrected chi connectivity index (χ4v) is 3.61. The van der Waals surface area contributed by atoms with E-state index in [1.165, 1.54) is 6.07 Å². The number of alkyl halides is 3. The fourth-order valence-electron chi connectivity index (χ4n) is 2.91. The van der Waals surface area contributed by atoms with Crippen LogP contribution in [0.3, 0.4) is 0 Å². The molecule has 3 aromatic heterocycles. The molecule has 1 aliphatic heterocycles. The highest BCUT2D eigenvalue weighted by Gasteiger charge is 2.38. The second-order valence-corrected chi connectivity index (χ2v) is 6.66. The van der Waals surface area contributed by atoms with Gasteiger partial charge in [-0.15, -0.1) is 15.3 Å². The van der Waals surface area contributed by atoms with Gasteiger partial charge in [0.15, 0.2) is 5.65 Å². The number of nitrogens with zero attached hydrogens (tertiary/aromatic N) is 5. The Labute approximate surface area is 144 Å². The number of halogens is 3. The number of thiophene rings is 1. The first-order chi connectivity index (χ1) is 11.9. The van der Waals surface area contributed by atoms with Gasteiger partial charge in [0.05, 0.1) is 6.10 Å². The summed E-state index contributed by atoms with van der Waals surface area (Å²) >= 11 is 1.58. The van der Waals surface area contributed by atoms with Gasteiger partial charge in [-0.2, -0.15) is 29.0 Å². The SMILES string of the molecule is CC1CN(c2ccc3nnc(C(F)(F)F)n3n2)CC(c2ccsc2)O1. The van der Waals surface area contributed by atoms with Crippen LogP contribution < -0.4 is 4.90 Å². The molecular weight excluding hydrogens is 355 g/mol. The van der Waals surface area contributed by atoms with E-state index >= 15 is 0 Å². The molecule has 3 aromatic rings. The predicted molar refractivity (Wildman–Crippen MR) is 85.6 cm³/mol. The Bertz CT molecular complexity index is 879.